The van der Waals surface area contributed by atoms with Gasteiger partial charge in [0.25, 0.3) is 0 Å². The summed E-state index contributed by atoms with van der Waals surface area (Å²) in [5, 5.41) is 8.21. The summed E-state index contributed by atoms with van der Waals surface area (Å²) in [7, 11) is 0. The Balaban J connectivity index is 1.33. The van der Waals surface area contributed by atoms with E-state index in [-0.39, 0.29) is 12.5 Å². The highest BCUT2D eigenvalue weighted by atomic mass is 16.2. The van der Waals surface area contributed by atoms with Gasteiger partial charge in [0, 0.05) is 45.1 Å². The minimum Gasteiger partial charge on any atom is -0.339 e. The summed E-state index contributed by atoms with van der Waals surface area (Å²) < 4.78 is 1.68. The molecule has 4 rings (SSSR count). The van der Waals surface area contributed by atoms with Crippen molar-refractivity contribution in [1.82, 2.24) is 29.8 Å². The average molecular weight is 336 g/mol. The number of amides is 1. The lowest BCUT2D eigenvalue weighted by atomic mass is 10.2. The number of para-hydroxylation sites is 1. The van der Waals surface area contributed by atoms with E-state index in [2.05, 4.69) is 26.3 Å². The van der Waals surface area contributed by atoms with Crippen molar-refractivity contribution in [3.63, 3.8) is 0 Å². The second-order valence-electron chi connectivity index (χ2n) is 6.25. The number of hydrogen-bond donors (Lipinski definition) is 0. The van der Waals surface area contributed by atoms with Gasteiger partial charge in [-0.05, 0) is 23.8 Å². The van der Waals surface area contributed by atoms with Gasteiger partial charge in [-0.25, -0.2) is 4.68 Å². The number of carbonyl (C=O) groups is 1. The van der Waals surface area contributed by atoms with Gasteiger partial charge < -0.3 is 4.90 Å². The third kappa shape index (κ3) is 3.51. The zero-order valence-electron chi connectivity index (χ0n) is 14.0. The monoisotopic (exact) mass is 336 g/mol. The molecule has 0 atom stereocenters. The van der Waals surface area contributed by atoms with E-state index >= 15 is 0 Å². The number of piperazine rings is 1. The quantitative estimate of drug-likeness (QED) is 0.715. The minimum absolute atomic E-state index is 0.0941. The van der Waals surface area contributed by atoms with E-state index in [4.69, 9.17) is 0 Å². The first-order chi connectivity index (χ1) is 12.3. The molecule has 3 heterocycles. The van der Waals surface area contributed by atoms with Crippen molar-refractivity contribution < 1.29 is 4.79 Å². The van der Waals surface area contributed by atoms with Crippen molar-refractivity contribution in [2.75, 3.05) is 26.2 Å². The van der Waals surface area contributed by atoms with Gasteiger partial charge in [0.1, 0.15) is 12.1 Å². The van der Waals surface area contributed by atoms with Crippen molar-refractivity contribution >= 4 is 16.9 Å². The maximum atomic E-state index is 12.6. The van der Waals surface area contributed by atoms with E-state index in [1.54, 1.807) is 10.9 Å². The Morgan fingerprint density at radius 2 is 1.88 bits per heavy atom. The van der Waals surface area contributed by atoms with E-state index in [0.717, 1.165) is 43.8 Å². The van der Waals surface area contributed by atoms with Crippen molar-refractivity contribution in [2.45, 2.75) is 13.1 Å². The molecular weight excluding hydrogens is 316 g/mol. The van der Waals surface area contributed by atoms with E-state index in [1.165, 1.54) is 5.56 Å². The highest BCUT2D eigenvalue weighted by Gasteiger charge is 2.22. The smallest absolute Gasteiger partial charge is 0.244 e. The summed E-state index contributed by atoms with van der Waals surface area (Å²) in [6, 6.07) is 11.7. The second-order valence-corrected chi connectivity index (χ2v) is 6.25. The van der Waals surface area contributed by atoms with E-state index in [9.17, 15) is 4.79 Å². The van der Waals surface area contributed by atoms with Crippen molar-refractivity contribution in [2.24, 2.45) is 0 Å². The van der Waals surface area contributed by atoms with Gasteiger partial charge in [-0.3, -0.25) is 14.7 Å². The van der Waals surface area contributed by atoms with Gasteiger partial charge in [0.2, 0.25) is 5.91 Å². The van der Waals surface area contributed by atoms with Gasteiger partial charge in [-0.1, -0.05) is 23.4 Å². The van der Waals surface area contributed by atoms with Gasteiger partial charge >= 0.3 is 0 Å². The lowest BCUT2D eigenvalue weighted by Gasteiger charge is -2.34. The third-order valence-electron chi connectivity index (χ3n) is 4.56. The molecule has 25 heavy (non-hydrogen) atoms. The van der Waals surface area contributed by atoms with E-state index in [0.29, 0.717) is 0 Å². The number of carbonyl (C=O) groups excluding carboxylic acids is 1. The Morgan fingerprint density at radius 3 is 2.68 bits per heavy atom. The molecule has 0 bridgehead atoms. The third-order valence-corrected chi connectivity index (χ3v) is 4.56. The van der Waals surface area contributed by atoms with Gasteiger partial charge in [0.05, 0.1) is 5.52 Å². The molecule has 1 saturated heterocycles. The first-order valence-electron chi connectivity index (χ1n) is 8.47. The van der Waals surface area contributed by atoms with Crippen molar-refractivity contribution in [3.8, 4) is 0 Å². The zero-order chi connectivity index (χ0) is 17.1. The predicted octanol–water partition coefficient (Wildman–Crippen LogP) is 1.17. The lowest BCUT2D eigenvalue weighted by molar-refractivity contribution is -0.133. The van der Waals surface area contributed by atoms with E-state index in [1.807, 2.05) is 41.4 Å². The maximum Gasteiger partial charge on any atom is 0.244 e. The molecule has 1 amide bonds. The maximum absolute atomic E-state index is 12.6. The molecule has 0 saturated carbocycles. The molecule has 7 heteroatoms. The van der Waals surface area contributed by atoms with E-state index < -0.39 is 0 Å². The van der Waals surface area contributed by atoms with Crippen LogP contribution >= 0.6 is 0 Å². The molecule has 2 aromatic heterocycles. The number of fused-ring (bicyclic) bond motifs is 1. The Hall–Kier alpha value is -2.80. The summed E-state index contributed by atoms with van der Waals surface area (Å²) in [6.07, 6.45) is 3.68. The van der Waals surface area contributed by atoms with Crippen molar-refractivity contribution in [3.05, 3.63) is 54.4 Å². The van der Waals surface area contributed by atoms with Crippen LogP contribution in [-0.4, -0.2) is 61.9 Å². The summed E-state index contributed by atoms with van der Waals surface area (Å²) in [4.78, 5) is 21.0. The van der Waals surface area contributed by atoms with Crippen molar-refractivity contribution in [1.29, 1.82) is 0 Å². The Labute approximate surface area is 145 Å². The SMILES string of the molecule is O=C(Cn1nnc2ccccc21)N1CCN(Cc2cccnc2)CC1. The molecule has 1 aliphatic rings. The number of aromatic nitrogens is 4. The van der Waals surface area contributed by atoms with Crippen LogP contribution in [0.15, 0.2) is 48.8 Å². The fourth-order valence-electron chi connectivity index (χ4n) is 3.17. The number of nitrogens with zero attached hydrogens (tertiary/aromatic N) is 6. The topological polar surface area (TPSA) is 67.2 Å². The normalized spacial score (nSPS) is 15.6. The largest absolute Gasteiger partial charge is 0.339 e. The van der Waals surface area contributed by atoms with Crippen LogP contribution in [0.3, 0.4) is 0 Å². The number of pyridine rings is 1. The van der Waals surface area contributed by atoms with Gasteiger partial charge in [-0.15, -0.1) is 5.10 Å². The second kappa shape index (κ2) is 6.98. The van der Waals surface area contributed by atoms with Crippen LogP contribution in [0.5, 0.6) is 0 Å². The molecule has 0 spiro atoms. The molecule has 3 aromatic rings. The first-order valence-corrected chi connectivity index (χ1v) is 8.47. The molecular formula is C18H20N6O. The molecule has 0 aliphatic carbocycles. The van der Waals surface area contributed by atoms with Crippen LogP contribution < -0.4 is 0 Å². The van der Waals surface area contributed by atoms with Crippen LogP contribution in [-0.2, 0) is 17.9 Å². The standard InChI is InChI=1S/C18H20N6O/c25-18(14-24-17-6-2-1-5-16(17)20-21-24)23-10-8-22(9-11-23)13-15-4-3-7-19-12-15/h1-7,12H,8-11,13-14H2. The molecule has 128 valence electrons. The molecule has 0 radical (unpaired) electrons. The van der Waals surface area contributed by atoms with Crippen LogP contribution in [0.25, 0.3) is 11.0 Å². The van der Waals surface area contributed by atoms with Crippen LogP contribution in [0.2, 0.25) is 0 Å². The lowest BCUT2D eigenvalue weighted by Crippen LogP contribution is -2.49. The molecule has 0 unspecified atom stereocenters. The minimum atomic E-state index is 0.0941. The van der Waals surface area contributed by atoms with Crippen LogP contribution in [0.4, 0.5) is 0 Å². The van der Waals surface area contributed by atoms with Crippen LogP contribution in [0.1, 0.15) is 5.56 Å². The Bertz CT molecular complexity index is 854. The summed E-state index contributed by atoms with van der Waals surface area (Å²) in [5.41, 5.74) is 2.92. The average Bonchev–Trinajstić information content (AvgIpc) is 3.06. The van der Waals surface area contributed by atoms with Gasteiger partial charge in [0.15, 0.2) is 0 Å². The Kier molecular flexibility index (Phi) is 4.39. The first kappa shape index (κ1) is 15.7. The molecule has 1 fully saturated rings. The Morgan fingerprint density at radius 1 is 1.04 bits per heavy atom. The van der Waals surface area contributed by atoms with Gasteiger partial charge in [-0.2, -0.15) is 0 Å². The molecule has 0 N–H and O–H groups in total. The highest BCUT2D eigenvalue weighted by molar-refractivity contribution is 5.79. The fraction of sp³-hybridized carbons (Fsp3) is 0.333. The predicted molar refractivity (Wildman–Crippen MR) is 93.6 cm³/mol. The molecule has 1 aliphatic heterocycles. The summed E-state index contributed by atoms with van der Waals surface area (Å²) in [6.45, 7) is 4.35. The fourth-order valence-corrected chi connectivity index (χ4v) is 3.17. The molecule has 7 nitrogen and oxygen atoms in total. The zero-order valence-corrected chi connectivity index (χ0v) is 14.0. The summed E-state index contributed by atoms with van der Waals surface area (Å²) >= 11 is 0. The van der Waals surface area contributed by atoms with Crippen LogP contribution in [0, 0.1) is 0 Å². The number of hydrogen-bond acceptors (Lipinski definition) is 5. The highest BCUT2D eigenvalue weighted by Crippen LogP contribution is 2.11. The number of rotatable bonds is 4. The number of benzene rings is 1. The summed E-state index contributed by atoms with van der Waals surface area (Å²) in [5.74, 6) is 0.0941. The molecule has 1 aromatic carbocycles.